The smallest absolute Gasteiger partial charge is 0.189 e. The number of hydrogen-bond acceptors (Lipinski definition) is 3. The fraction of sp³-hybridized carbons (Fsp3) is 0.0196. The van der Waals surface area contributed by atoms with Crippen LogP contribution in [0.25, 0.3) is 54.9 Å². The number of nitrogens with zero attached hydrogens (tertiary/aromatic N) is 4. The van der Waals surface area contributed by atoms with Gasteiger partial charge in [-0.05, 0) is 80.6 Å². The first kappa shape index (κ1) is 32.8. The number of ether oxygens (including phenoxy) is 1. The van der Waals surface area contributed by atoms with Crippen molar-refractivity contribution in [3.63, 3.8) is 0 Å². The van der Waals surface area contributed by atoms with Crippen LogP contribution in [0.3, 0.4) is 0 Å². The van der Waals surface area contributed by atoms with E-state index in [1.807, 2.05) is 73.1 Å². The SMILES string of the molecule is FC(c1ccc2c3ccccc3n3ccnc3c2c1)c1ccc2c3c4c(ccc3n(-c3ccccn3)c2c1)Oc1ccccc1[Si]4(c1ccccc1)c1ccccc1. The standard InChI is InChI=1S/C51H33FN4OSi/c52-49(33-22-24-37-38-17-7-8-18-41(38)55-30-29-54-51(55)40(37)31-33)34-23-25-39-43(32-34)56(47-21-11-12-28-53-47)42-26-27-45-50(48(39)42)58(35-13-3-1-4-14-35,36-15-5-2-6-16-36)46-20-10-9-19-44(46)57-45/h1-32,49H. The van der Waals surface area contributed by atoms with Crippen molar-refractivity contribution in [2.24, 2.45) is 0 Å². The summed E-state index contributed by atoms with van der Waals surface area (Å²) in [4.78, 5) is 9.59. The average molecular weight is 765 g/mol. The van der Waals surface area contributed by atoms with Gasteiger partial charge in [0, 0.05) is 45.3 Å². The molecule has 4 aromatic heterocycles. The minimum Gasteiger partial charge on any atom is -0.458 e. The van der Waals surface area contributed by atoms with Crippen molar-refractivity contribution in [3.8, 4) is 17.3 Å². The van der Waals surface area contributed by atoms with E-state index in [2.05, 4.69) is 124 Å². The zero-order valence-corrected chi connectivity index (χ0v) is 32.1. The van der Waals surface area contributed by atoms with Gasteiger partial charge < -0.3 is 4.74 Å². The van der Waals surface area contributed by atoms with Gasteiger partial charge in [-0.3, -0.25) is 8.97 Å². The number of aromatic nitrogens is 4. The summed E-state index contributed by atoms with van der Waals surface area (Å²) in [5.41, 5.74) is 4.90. The number of fused-ring (bicyclic) bond motifs is 12. The van der Waals surface area contributed by atoms with Crippen LogP contribution in [0.1, 0.15) is 17.3 Å². The van der Waals surface area contributed by atoms with Crippen molar-refractivity contribution in [3.05, 3.63) is 206 Å². The molecule has 12 rings (SSSR count). The number of hydrogen-bond donors (Lipinski definition) is 0. The second kappa shape index (κ2) is 12.6. The number of pyridine rings is 2. The fourth-order valence-electron chi connectivity index (χ4n) is 9.66. The molecule has 1 aliphatic rings. The summed E-state index contributed by atoms with van der Waals surface area (Å²) in [6, 6.07) is 60.9. The molecule has 0 N–H and O–H groups in total. The summed E-state index contributed by atoms with van der Waals surface area (Å²) in [6.07, 6.45) is 4.20. The predicted molar refractivity (Wildman–Crippen MR) is 235 cm³/mol. The maximum Gasteiger partial charge on any atom is 0.189 e. The summed E-state index contributed by atoms with van der Waals surface area (Å²) >= 11 is 0. The lowest BCUT2D eigenvalue weighted by atomic mass is 9.97. The van der Waals surface area contributed by atoms with Crippen molar-refractivity contribution in [1.82, 2.24) is 18.9 Å². The molecule has 7 aromatic carbocycles. The van der Waals surface area contributed by atoms with Crippen molar-refractivity contribution in [2.75, 3.05) is 0 Å². The highest BCUT2D eigenvalue weighted by atomic mass is 28.3. The van der Waals surface area contributed by atoms with Gasteiger partial charge >= 0.3 is 0 Å². The molecule has 0 spiro atoms. The van der Waals surface area contributed by atoms with Crippen LogP contribution in [0.2, 0.25) is 0 Å². The van der Waals surface area contributed by atoms with Crippen LogP contribution in [0.5, 0.6) is 11.5 Å². The molecule has 0 aliphatic carbocycles. The molecule has 0 saturated carbocycles. The number of para-hydroxylation sites is 2. The summed E-state index contributed by atoms with van der Waals surface area (Å²) in [5.74, 6) is 2.48. The second-order valence-corrected chi connectivity index (χ2v) is 18.7. The van der Waals surface area contributed by atoms with Crippen LogP contribution in [0.15, 0.2) is 195 Å². The number of alkyl halides is 1. The molecule has 0 radical (unpaired) electrons. The molecular weight excluding hydrogens is 732 g/mol. The highest BCUT2D eigenvalue weighted by Crippen LogP contribution is 2.41. The molecule has 1 unspecified atom stereocenters. The Kier molecular flexibility index (Phi) is 7.12. The lowest BCUT2D eigenvalue weighted by molar-refractivity contribution is 0.402. The van der Waals surface area contributed by atoms with Crippen LogP contribution in [0, 0.1) is 0 Å². The molecule has 7 heteroatoms. The van der Waals surface area contributed by atoms with Gasteiger partial charge in [0.1, 0.15) is 23.0 Å². The third kappa shape index (κ3) is 4.56. The zero-order valence-electron chi connectivity index (χ0n) is 31.1. The topological polar surface area (TPSA) is 44.4 Å². The molecule has 5 heterocycles. The Balaban J connectivity index is 1.14. The summed E-state index contributed by atoms with van der Waals surface area (Å²) in [5, 5.41) is 10.1. The van der Waals surface area contributed by atoms with E-state index in [0.29, 0.717) is 11.1 Å². The molecule has 0 bridgehead atoms. The summed E-state index contributed by atoms with van der Waals surface area (Å²) < 4.78 is 28.5. The first-order chi connectivity index (χ1) is 28.7. The zero-order chi connectivity index (χ0) is 38.4. The van der Waals surface area contributed by atoms with E-state index in [4.69, 9.17) is 14.7 Å². The maximum absolute atomic E-state index is 17.3. The second-order valence-electron chi connectivity index (χ2n) is 15.0. The maximum atomic E-state index is 17.3. The van der Waals surface area contributed by atoms with E-state index >= 15 is 4.39 Å². The van der Waals surface area contributed by atoms with Gasteiger partial charge in [0.2, 0.25) is 0 Å². The summed E-state index contributed by atoms with van der Waals surface area (Å²) in [7, 11) is -3.04. The Hall–Kier alpha value is -7.35. The number of halogens is 1. The van der Waals surface area contributed by atoms with Crippen LogP contribution < -0.4 is 25.5 Å². The van der Waals surface area contributed by atoms with E-state index < -0.39 is 14.2 Å². The lowest BCUT2D eigenvalue weighted by Gasteiger charge is -2.40. The quantitative estimate of drug-likeness (QED) is 0.130. The van der Waals surface area contributed by atoms with Crippen molar-refractivity contribution in [1.29, 1.82) is 0 Å². The highest BCUT2D eigenvalue weighted by Gasteiger charge is 2.49. The van der Waals surface area contributed by atoms with E-state index in [9.17, 15) is 0 Å². The Morgan fingerprint density at radius 1 is 0.517 bits per heavy atom. The van der Waals surface area contributed by atoms with E-state index in [-0.39, 0.29) is 0 Å². The molecule has 0 saturated heterocycles. The molecule has 1 aliphatic heterocycles. The monoisotopic (exact) mass is 764 g/mol. The Labute approximate surface area is 333 Å². The average Bonchev–Trinajstić information content (AvgIpc) is 3.93. The Morgan fingerprint density at radius 2 is 1.22 bits per heavy atom. The fourth-order valence-corrected chi connectivity index (χ4v) is 14.8. The molecular formula is C51H33FN4OSi. The third-order valence-electron chi connectivity index (χ3n) is 12.1. The number of rotatable bonds is 5. The minimum atomic E-state index is -3.04. The molecule has 5 nitrogen and oxygen atoms in total. The first-order valence-corrected chi connectivity index (χ1v) is 21.5. The third-order valence-corrected chi connectivity index (χ3v) is 16.9. The van der Waals surface area contributed by atoms with Crippen molar-refractivity contribution < 1.29 is 9.13 Å². The van der Waals surface area contributed by atoms with Crippen molar-refractivity contribution >= 4 is 77.9 Å². The largest absolute Gasteiger partial charge is 0.458 e. The highest BCUT2D eigenvalue weighted by molar-refractivity contribution is 7.21. The molecule has 11 aromatic rings. The molecule has 1 atom stereocenters. The Bertz CT molecular complexity index is 3360. The van der Waals surface area contributed by atoms with Crippen LogP contribution in [-0.2, 0) is 0 Å². The number of benzene rings is 7. The van der Waals surface area contributed by atoms with E-state index in [1.54, 1.807) is 6.20 Å². The Morgan fingerprint density at radius 3 is 2.02 bits per heavy atom. The molecule has 58 heavy (non-hydrogen) atoms. The van der Waals surface area contributed by atoms with E-state index in [0.717, 1.165) is 66.4 Å². The van der Waals surface area contributed by atoms with Gasteiger partial charge in [-0.1, -0.05) is 127 Å². The lowest BCUT2D eigenvalue weighted by Crippen LogP contribution is -2.76. The van der Waals surface area contributed by atoms with Gasteiger partial charge in [-0.2, -0.15) is 0 Å². The van der Waals surface area contributed by atoms with Crippen LogP contribution >= 0.6 is 0 Å². The van der Waals surface area contributed by atoms with Gasteiger partial charge in [-0.25, -0.2) is 14.4 Å². The first-order valence-electron chi connectivity index (χ1n) is 19.5. The molecule has 274 valence electrons. The van der Waals surface area contributed by atoms with Gasteiger partial charge in [0.15, 0.2) is 14.2 Å². The predicted octanol–water partition coefficient (Wildman–Crippen LogP) is 9.67. The molecule has 0 amide bonds. The van der Waals surface area contributed by atoms with Crippen LogP contribution in [-0.4, -0.2) is 27.0 Å². The number of imidazole rings is 1. The van der Waals surface area contributed by atoms with Gasteiger partial charge in [0.05, 0.1) is 16.6 Å². The van der Waals surface area contributed by atoms with Crippen molar-refractivity contribution in [2.45, 2.75) is 6.17 Å². The van der Waals surface area contributed by atoms with Gasteiger partial charge in [0.25, 0.3) is 0 Å². The van der Waals surface area contributed by atoms with E-state index in [1.165, 1.54) is 20.7 Å². The van der Waals surface area contributed by atoms with Gasteiger partial charge in [-0.15, -0.1) is 0 Å². The minimum absolute atomic E-state index is 0.567. The normalized spacial score (nSPS) is 13.8. The summed E-state index contributed by atoms with van der Waals surface area (Å²) in [6.45, 7) is 0. The molecule has 0 fully saturated rings. The van der Waals surface area contributed by atoms with Crippen LogP contribution in [0.4, 0.5) is 4.39 Å².